The molecule has 5 nitrogen and oxygen atoms in total. The summed E-state index contributed by atoms with van der Waals surface area (Å²) in [5, 5.41) is 10.2. The number of nitrogens with zero attached hydrogens (tertiary/aromatic N) is 2. The first kappa shape index (κ1) is 23.0. The molecule has 0 saturated carbocycles. The van der Waals surface area contributed by atoms with Crippen LogP contribution >= 0.6 is 11.6 Å². The molecule has 0 N–H and O–H groups in total. The highest BCUT2D eigenvalue weighted by atomic mass is 35.5. The van der Waals surface area contributed by atoms with Crippen molar-refractivity contribution < 1.29 is 14.3 Å². The van der Waals surface area contributed by atoms with Crippen LogP contribution in [0.3, 0.4) is 0 Å². The zero-order chi connectivity index (χ0) is 24.1. The van der Waals surface area contributed by atoms with Gasteiger partial charge in [-0.05, 0) is 47.9 Å². The SMILES string of the molecule is CC1=C(C#N)C(=O)N(Cc2ccccc2)C(=O)/C1=C/c1ccc(OCc2ccccc2Cl)cc1. The number of nitriles is 1. The minimum atomic E-state index is -0.575. The van der Waals surface area contributed by atoms with Crippen molar-refractivity contribution >= 4 is 29.5 Å². The van der Waals surface area contributed by atoms with E-state index < -0.39 is 11.8 Å². The number of benzene rings is 3. The molecule has 3 aromatic rings. The Labute approximate surface area is 203 Å². The van der Waals surface area contributed by atoms with Crippen LogP contribution in [0.4, 0.5) is 0 Å². The van der Waals surface area contributed by atoms with Gasteiger partial charge in [-0.15, -0.1) is 0 Å². The topological polar surface area (TPSA) is 70.4 Å². The van der Waals surface area contributed by atoms with E-state index in [2.05, 4.69) is 0 Å². The number of ether oxygens (including phenoxy) is 1. The van der Waals surface area contributed by atoms with Gasteiger partial charge in [-0.1, -0.05) is 72.3 Å². The maximum atomic E-state index is 13.2. The number of imide groups is 1. The Bertz CT molecular complexity index is 1340. The van der Waals surface area contributed by atoms with Gasteiger partial charge in [0, 0.05) is 16.2 Å². The van der Waals surface area contributed by atoms with Gasteiger partial charge < -0.3 is 4.74 Å². The zero-order valence-electron chi connectivity index (χ0n) is 18.5. The van der Waals surface area contributed by atoms with Gasteiger partial charge in [-0.2, -0.15) is 5.26 Å². The molecule has 1 aliphatic heterocycles. The van der Waals surface area contributed by atoms with E-state index in [1.807, 2.05) is 72.8 Å². The van der Waals surface area contributed by atoms with Crippen LogP contribution < -0.4 is 4.74 Å². The zero-order valence-corrected chi connectivity index (χ0v) is 19.3. The fourth-order valence-corrected chi connectivity index (χ4v) is 3.83. The van der Waals surface area contributed by atoms with Crippen molar-refractivity contribution in [3.63, 3.8) is 0 Å². The summed E-state index contributed by atoms with van der Waals surface area (Å²) in [5.74, 6) is -0.346. The minimum absolute atomic E-state index is 0.0264. The molecule has 168 valence electrons. The fraction of sp³-hybridized carbons (Fsp3) is 0.107. The third kappa shape index (κ3) is 4.93. The summed E-state index contributed by atoms with van der Waals surface area (Å²) >= 11 is 6.17. The Morgan fingerprint density at radius 3 is 2.29 bits per heavy atom. The van der Waals surface area contributed by atoms with E-state index in [-0.39, 0.29) is 12.1 Å². The summed E-state index contributed by atoms with van der Waals surface area (Å²) in [6, 6.07) is 25.9. The van der Waals surface area contributed by atoms with Crippen LogP contribution in [-0.4, -0.2) is 16.7 Å². The highest BCUT2D eigenvalue weighted by Crippen LogP contribution is 2.28. The first-order valence-electron chi connectivity index (χ1n) is 10.7. The summed E-state index contributed by atoms with van der Waals surface area (Å²) < 4.78 is 5.81. The standard InChI is InChI=1S/C28H21ClN2O3/c1-19-24(27(32)31(28(33)25(19)16-30)17-21-7-3-2-4-8-21)15-20-11-13-23(14-12-20)34-18-22-9-5-6-10-26(22)29/h2-15H,17-18H2,1H3/b24-15+. The smallest absolute Gasteiger partial charge is 0.271 e. The summed E-state index contributed by atoms with van der Waals surface area (Å²) in [6.45, 7) is 2.06. The molecule has 0 aromatic heterocycles. The number of hydrogen-bond acceptors (Lipinski definition) is 4. The average molecular weight is 469 g/mol. The normalized spacial score (nSPS) is 15.0. The van der Waals surface area contributed by atoms with Gasteiger partial charge in [-0.3, -0.25) is 14.5 Å². The molecule has 0 unspecified atom stereocenters. The number of amides is 2. The molecule has 6 heteroatoms. The lowest BCUT2D eigenvalue weighted by Gasteiger charge is -2.27. The number of carbonyl (C=O) groups excluding carboxylic acids is 2. The predicted octanol–water partition coefficient (Wildman–Crippen LogP) is 5.71. The van der Waals surface area contributed by atoms with E-state index in [1.54, 1.807) is 25.1 Å². The van der Waals surface area contributed by atoms with Gasteiger partial charge in [0.05, 0.1) is 6.54 Å². The molecule has 1 aliphatic rings. The van der Waals surface area contributed by atoms with Crippen LogP contribution in [0.2, 0.25) is 5.02 Å². The number of rotatable bonds is 6. The van der Waals surface area contributed by atoms with Crippen molar-refractivity contribution in [3.05, 3.63) is 117 Å². The predicted molar refractivity (Wildman–Crippen MR) is 131 cm³/mol. The highest BCUT2D eigenvalue weighted by Gasteiger charge is 2.35. The Morgan fingerprint density at radius 1 is 0.941 bits per heavy atom. The Kier molecular flexibility index (Phi) is 6.91. The monoisotopic (exact) mass is 468 g/mol. The molecule has 0 spiro atoms. The second-order valence-electron chi connectivity index (χ2n) is 7.80. The maximum absolute atomic E-state index is 13.2. The molecule has 0 atom stereocenters. The van der Waals surface area contributed by atoms with Gasteiger partial charge in [0.2, 0.25) is 0 Å². The third-order valence-corrected chi connectivity index (χ3v) is 5.92. The minimum Gasteiger partial charge on any atom is -0.489 e. The molecule has 0 saturated heterocycles. The summed E-state index contributed by atoms with van der Waals surface area (Å²) in [7, 11) is 0. The van der Waals surface area contributed by atoms with E-state index in [4.69, 9.17) is 16.3 Å². The van der Waals surface area contributed by atoms with Gasteiger partial charge in [0.25, 0.3) is 11.8 Å². The van der Waals surface area contributed by atoms with Crippen LogP contribution in [0.5, 0.6) is 5.75 Å². The molecule has 34 heavy (non-hydrogen) atoms. The van der Waals surface area contributed by atoms with Crippen LogP contribution in [0.1, 0.15) is 23.6 Å². The molecule has 3 aromatic carbocycles. The molecular formula is C28H21ClN2O3. The van der Waals surface area contributed by atoms with Crippen molar-refractivity contribution in [2.45, 2.75) is 20.1 Å². The number of halogens is 1. The first-order valence-corrected chi connectivity index (χ1v) is 11.0. The average Bonchev–Trinajstić information content (AvgIpc) is 2.86. The third-order valence-electron chi connectivity index (χ3n) is 5.55. The van der Waals surface area contributed by atoms with Crippen molar-refractivity contribution in [2.24, 2.45) is 0 Å². The highest BCUT2D eigenvalue weighted by molar-refractivity contribution is 6.31. The van der Waals surface area contributed by atoms with Crippen LogP contribution in [0.25, 0.3) is 6.08 Å². The molecule has 0 fully saturated rings. The van der Waals surface area contributed by atoms with E-state index >= 15 is 0 Å². The van der Waals surface area contributed by atoms with Crippen molar-refractivity contribution in [1.82, 2.24) is 4.90 Å². The molecule has 1 heterocycles. The van der Waals surface area contributed by atoms with E-state index in [1.165, 1.54) is 0 Å². The second kappa shape index (κ2) is 10.2. The quantitative estimate of drug-likeness (QED) is 0.343. The lowest BCUT2D eigenvalue weighted by atomic mass is 9.93. The van der Waals surface area contributed by atoms with Crippen molar-refractivity contribution in [1.29, 1.82) is 5.26 Å². The number of carbonyl (C=O) groups is 2. The second-order valence-corrected chi connectivity index (χ2v) is 8.21. The van der Waals surface area contributed by atoms with Crippen molar-refractivity contribution in [3.8, 4) is 11.8 Å². The molecule has 2 amide bonds. The Hall–Kier alpha value is -4.14. The molecule has 0 bridgehead atoms. The van der Waals surface area contributed by atoms with Crippen molar-refractivity contribution in [2.75, 3.05) is 0 Å². The van der Waals surface area contributed by atoms with Gasteiger partial charge in [0.1, 0.15) is 24.0 Å². The van der Waals surface area contributed by atoms with Gasteiger partial charge in [-0.25, -0.2) is 0 Å². The van der Waals surface area contributed by atoms with Crippen LogP contribution in [0, 0.1) is 11.3 Å². The molecule has 0 aliphatic carbocycles. The lowest BCUT2D eigenvalue weighted by molar-refractivity contribution is -0.141. The summed E-state index contributed by atoms with van der Waals surface area (Å²) in [5.41, 5.74) is 3.11. The van der Waals surface area contributed by atoms with E-state index in [0.29, 0.717) is 28.5 Å². The maximum Gasteiger partial charge on any atom is 0.271 e. The van der Waals surface area contributed by atoms with Gasteiger partial charge in [0.15, 0.2) is 0 Å². The Morgan fingerprint density at radius 2 is 1.62 bits per heavy atom. The molecule has 0 radical (unpaired) electrons. The van der Waals surface area contributed by atoms with Crippen LogP contribution in [-0.2, 0) is 22.7 Å². The van der Waals surface area contributed by atoms with Gasteiger partial charge >= 0.3 is 0 Å². The van der Waals surface area contributed by atoms with E-state index in [9.17, 15) is 14.9 Å². The number of hydrogen-bond donors (Lipinski definition) is 0. The summed E-state index contributed by atoms with van der Waals surface area (Å²) in [4.78, 5) is 27.2. The lowest BCUT2D eigenvalue weighted by Crippen LogP contribution is -2.42. The largest absolute Gasteiger partial charge is 0.489 e. The summed E-state index contributed by atoms with van der Waals surface area (Å²) in [6.07, 6.45) is 1.69. The van der Waals surface area contributed by atoms with Crippen LogP contribution in [0.15, 0.2) is 95.6 Å². The first-order chi connectivity index (χ1) is 16.5. The fourth-order valence-electron chi connectivity index (χ4n) is 3.64. The van der Waals surface area contributed by atoms with E-state index in [0.717, 1.165) is 21.6 Å². The molecule has 4 rings (SSSR count). The Balaban J connectivity index is 1.57. The molecular weight excluding hydrogens is 448 g/mol.